The summed E-state index contributed by atoms with van der Waals surface area (Å²) in [6.45, 7) is 8.92. The molecule has 6 rings (SSSR count). The molecular weight excluding hydrogens is 520 g/mol. The Hall–Kier alpha value is -3.85. The Kier molecular flexibility index (Phi) is 7.47. The molecule has 8 nitrogen and oxygen atoms in total. The van der Waals surface area contributed by atoms with E-state index in [2.05, 4.69) is 65.9 Å². The monoisotopic (exact) mass is 554 g/mol. The Morgan fingerprint density at radius 3 is 2.55 bits per heavy atom. The molecule has 1 fully saturated rings. The second-order valence-electron chi connectivity index (χ2n) is 10.7. The number of aryl methyl sites for hydroxylation is 2. The molecule has 2 aromatic heterocycles. The third-order valence-corrected chi connectivity index (χ3v) is 8.01. The molecule has 2 aliphatic rings. The van der Waals surface area contributed by atoms with Crippen LogP contribution in [0.1, 0.15) is 56.1 Å². The number of nitrogens with zero attached hydrogens (tertiary/aromatic N) is 5. The predicted molar refractivity (Wildman–Crippen MR) is 159 cm³/mol. The average Bonchev–Trinajstić information content (AvgIpc) is 3.14. The smallest absolute Gasteiger partial charge is 0.237 e. The van der Waals surface area contributed by atoms with Gasteiger partial charge in [-0.3, -0.25) is 4.72 Å². The van der Waals surface area contributed by atoms with Crippen molar-refractivity contribution in [2.45, 2.75) is 70.1 Å². The number of anilines is 2. The standard InChI is InChI=1S/C31H34N6O2S/c1-19(2)38-24-16-32-30(33-17-24)27-13-7-11-23-18-37(27)22-10-6-12-25(14-22)40-36-31-34-26(15-28(35-31)39-23)29-20(3)8-5-9-21(29)4/h5-6,8-10,12,14-17,19,23,27H,7,11,13,18H2,1-4H3,(H,34,35,36). The fourth-order valence-electron chi connectivity index (χ4n) is 5.49. The van der Waals surface area contributed by atoms with Crippen molar-refractivity contribution in [3.8, 4) is 22.9 Å². The van der Waals surface area contributed by atoms with E-state index in [0.717, 1.165) is 46.9 Å². The van der Waals surface area contributed by atoms with Crippen LogP contribution < -0.4 is 19.1 Å². The molecule has 4 heterocycles. The first-order chi connectivity index (χ1) is 19.4. The van der Waals surface area contributed by atoms with Crippen LogP contribution in [0.5, 0.6) is 11.6 Å². The quantitative estimate of drug-likeness (QED) is 0.269. The van der Waals surface area contributed by atoms with Crippen molar-refractivity contribution < 1.29 is 9.47 Å². The first kappa shape index (κ1) is 26.4. The number of aromatic nitrogens is 4. The minimum atomic E-state index is -0.0575. The van der Waals surface area contributed by atoms with Crippen LogP contribution in [0.25, 0.3) is 11.3 Å². The fourth-order valence-corrected chi connectivity index (χ4v) is 6.12. The van der Waals surface area contributed by atoms with Crippen molar-refractivity contribution in [2.24, 2.45) is 0 Å². The molecule has 40 heavy (non-hydrogen) atoms. The van der Waals surface area contributed by atoms with Crippen LogP contribution in [-0.2, 0) is 0 Å². The number of ether oxygens (including phenoxy) is 2. The highest BCUT2D eigenvalue weighted by Gasteiger charge is 2.31. The highest BCUT2D eigenvalue weighted by atomic mass is 32.2. The minimum Gasteiger partial charge on any atom is -0.488 e. The van der Waals surface area contributed by atoms with Crippen molar-refractivity contribution in [3.05, 3.63) is 77.9 Å². The molecule has 1 saturated heterocycles. The van der Waals surface area contributed by atoms with E-state index in [1.165, 1.54) is 23.1 Å². The van der Waals surface area contributed by atoms with Gasteiger partial charge in [-0.2, -0.15) is 4.98 Å². The van der Waals surface area contributed by atoms with Gasteiger partial charge in [0.25, 0.3) is 0 Å². The van der Waals surface area contributed by atoms with Gasteiger partial charge in [0.05, 0.1) is 36.8 Å². The summed E-state index contributed by atoms with van der Waals surface area (Å²) in [4.78, 5) is 22.6. The van der Waals surface area contributed by atoms with Gasteiger partial charge >= 0.3 is 0 Å². The second-order valence-corrected chi connectivity index (χ2v) is 11.5. The van der Waals surface area contributed by atoms with Crippen LogP contribution >= 0.6 is 11.9 Å². The summed E-state index contributed by atoms with van der Waals surface area (Å²) in [7, 11) is 0. The molecule has 2 aliphatic heterocycles. The highest BCUT2D eigenvalue weighted by Crippen LogP contribution is 2.37. The molecule has 0 radical (unpaired) electrons. The Labute approximate surface area is 239 Å². The van der Waals surface area contributed by atoms with Crippen LogP contribution in [0.4, 0.5) is 11.6 Å². The summed E-state index contributed by atoms with van der Waals surface area (Å²) in [5, 5.41) is 0. The van der Waals surface area contributed by atoms with Gasteiger partial charge in [0, 0.05) is 22.2 Å². The van der Waals surface area contributed by atoms with Crippen LogP contribution in [-0.4, -0.2) is 38.7 Å². The van der Waals surface area contributed by atoms with E-state index in [1.807, 2.05) is 19.9 Å². The van der Waals surface area contributed by atoms with E-state index in [0.29, 0.717) is 24.1 Å². The number of benzene rings is 2. The van der Waals surface area contributed by atoms with Crippen molar-refractivity contribution in [3.63, 3.8) is 0 Å². The van der Waals surface area contributed by atoms with Gasteiger partial charge in [-0.1, -0.05) is 24.3 Å². The van der Waals surface area contributed by atoms with Crippen molar-refractivity contribution >= 4 is 23.6 Å². The lowest BCUT2D eigenvalue weighted by atomic mass is 10.00. The summed E-state index contributed by atoms with van der Waals surface area (Å²) in [5.41, 5.74) is 5.42. The first-order valence-corrected chi connectivity index (χ1v) is 14.6. The van der Waals surface area contributed by atoms with Crippen LogP contribution in [0.15, 0.2) is 65.8 Å². The Balaban J connectivity index is 1.38. The molecule has 4 aromatic rings. The van der Waals surface area contributed by atoms with Gasteiger partial charge in [-0.15, -0.1) is 0 Å². The molecular formula is C31H34N6O2S. The molecule has 0 spiro atoms. The van der Waals surface area contributed by atoms with Crippen molar-refractivity contribution in [2.75, 3.05) is 16.2 Å². The number of nitrogens with one attached hydrogen (secondary N) is 1. The number of hydrogen-bond acceptors (Lipinski definition) is 9. The van der Waals surface area contributed by atoms with Gasteiger partial charge in [0.15, 0.2) is 11.6 Å². The van der Waals surface area contributed by atoms with Crippen LogP contribution in [0.3, 0.4) is 0 Å². The molecule has 2 unspecified atom stereocenters. The maximum Gasteiger partial charge on any atom is 0.237 e. The van der Waals surface area contributed by atoms with E-state index >= 15 is 0 Å². The van der Waals surface area contributed by atoms with Gasteiger partial charge in [0.1, 0.15) is 6.10 Å². The zero-order valence-electron chi connectivity index (χ0n) is 23.3. The largest absolute Gasteiger partial charge is 0.488 e. The maximum absolute atomic E-state index is 6.64. The molecule has 9 heteroatoms. The van der Waals surface area contributed by atoms with E-state index in [4.69, 9.17) is 29.4 Å². The second kappa shape index (κ2) is 11.3. The highest BCUT2D eigenvalue weighted by molar-refractivity contribution is 8.00. The molecule has 206 valence electrons. The Morgan fingerprint density at radius 2 is 1.77 bits per heavy atom. The first-order valence-electron chi connectivity index (χ1n) is 13.8. The van der Waals surface area contributed by atoms with Gasteiger partial charge < -0.3 is 14.4 Å². The molecule has 2 aromatic carbocycles. The third-order valence-electron chi connectivity index (χ3n) is 7.23. The molecule has 0 saturated carbocycles. The summed E-state index contributed by atoms with van der Waals surface area (Å²) in [6, 6.07) is 16.8. The summed E-state index contributed by atoms with van der Waals surface area (Å²) >= 11 is 1.49. The lowest BCUT2D eigenvalue weighted by molar-refractivity contribution is 0.192. The molecule has 2 atom stereocenters. The summed E-state index contributed by atoms with van der Waals surface area (Å²) in [5.74, 6) is 2.59. The van der Waals surface area contributed by atoms with Gasteiger partial charge in [-0.05, 0) is 88.2 Å². The molecule has 1 N–H and O–H groups in total. The Bertz CT molecular complexity index is 1480. The number of rotatable bonds is 4. The summed E-state index contributed by atoms with van der Waals surface area (Å²) < 4.78 is 15.8. The van der Waals surface area contributed by atoms with Crippen LogP contribution in [0.2, 0.25) is 0 Å². The van der Waals surface area contributed by atoms with E-state index in [9.17, 15) is 0 Å². The SMILES string of the molecule is Cc1cccc(C)c1-c1cc2nc(n1)NSc1cccc(c1)N1CC(CCCC1c1ncc(OC(C)C)cn1)O2. The maximum atomic E-state index is 6.64. The van der Waals surface area contributed by atoms with E-state index in [-0.39, 0.29) is 18.2 Å². The van der Waals surface area contributed by atoms with Gasteiger partial charge in [0.2, 0.25) is 11.8 Å². The predicted octanol–water partition coefficient (Wildman–Crippen LogP) is 6.95. The van der Waals surface area contributed by atoms with Crippen LogP contribution in [0, 0.1) is 13.8 Å². The minimum absolute atomic E-state index is 0.0176. The van der Waals surface area contributed by atoms with Crippen molar-refractivity contribution in [1.82, 2.24) is 19.9 Å². The zero-order chi connectivity index (χ0) is 27.6. The number of fused-ring (bicyclic) bond motifs is 7. The average molecular weight is 555 g/mol. The topological polar surface area (TPSA) is 85.3 Å². The number of hydrogen-bond donors (Lipinski definition) is 1. The molecule has 6 bridgehead atoms. The Morgan fingerprint density at radius 1 is 1.00 bits per heavy atom. The fraction of sp³-hybridized carbons (Fsp3) is 0.355. The zero-order valence-corrected chi connectivity index (χ0v) is 24.1. The van der Waals surface area contributed by atoms with E-state index in [1.54, 1.807) is 12.4 Å². The lowest BCUT2D eigenvalue weighted by Crippen LogP contribution is -2.37. The lowest BCUT2D eigenvalue weighted by Gasteiger charge is -2.33. The van der Waals surface area contributed by atoms with Gasteiger partial charge in [-0.25, -0.2) is 15.0 Å². The third kappa shape index (κ3) is 5.70. The normalized spacial score (nSPS) is 18.6. The summed E-state index contributed by atoms with van der Waals surface area (Å²) in [6.07, 6.45) is 6.39. The molecule has 0 amide bonds. The van der Waals surface area contributed by atoms with Crippen molar-refractivity contribution in [1.29, 1.82) is 0 Å². The molecule has 0 aliphatic carbocycles. The van der Waals surface area contributed by atoms with E-state index < -0.39 is 0 Å².